The van der Waals surface area contributed by atoms with Crippen molar-refractivity contribution in [3.05, 3.63) is 69.9 Å². The molecule has 0 amide bonds. The van der Waals surface area contributed by atoms with Crippen LogP contribution in [-0.4, -0.2) is 11.5 Å². The summed E-state index contributed by atoms with van der Waals surface area (Å²) >= 11 is 0. The Labute approximate surface area is 131 Å². The van der Waals surface area contributed by atoms with Gasteiger partial charge < -0.3 is 10.3 Å². The molecule has 0 bridgehead atoms. The van der Waals surface area contributed by atoms with E-state index in [0.717, 1.165) is 13.0 Å². The first-order valence-electron chi connectivity index (χ1n) is 8.06. The van der Waals surface area contributed by atoms with Crippen molar-refractivity contribution in [3.63, 3.8) is 0 Å². The number of nitrogens with one attached hydrogen (secondary N) is 2. The predicted octanol–water partition coefficient (Wildman–Crippen LogP) is 4.33. The van der Waals surface area contributed by atoms with E-state index < -0.39 is 0 Å². The van der Waals surface area contributed by atoms with Crippen LogP contribution in [0.2, 0.25) is 0 Å². The summed E-state index contributed by atoms with van der Waals surface area (Å²) in [4.78, 5) is 3.67. The molecule has 2 aromatic carbocycles. The lowest BCUT2D eigenvalue weighted by Gasteiger charge is -2.28. The van der Waals surface area contributed by atoms with Crippen LogP contribution in [0.25, 0.3) is 10.9 Å². The van der Waals surface area contributed by atoms with Crippen molar-refractivity contribution in [1.82, 2.24) is 10.3 Å². The molecule has 112 valence electrons. The van der Waals surface area contributed by atoms with Crippen molar-refractivity contribution in [3.8, 4) is 0 Å². The van der Waals surface area contributed by atoms with E-state index in [1.165, 1.54) is 44.4 Å². The predicted molar refractivity (Wildman–Crippen MR) is 92.5 cm³/mol. The van der Waals surface area contributed by atoms with Crippen molar-refractivity contribution in [2.24, 2.45) is 0 Å². The Bertz CT molecular complexity index is 834. The molecule has 22 heavy (non-hydrogen) atoms. The van der Waals surface area contributed by atoms with Crippen molar-refractivity contribution >= 4 is 10.9 Å². The Morgan fingerprint density at radius 3 is 2.50 bits per heavy atom. The van der Waals surface area contributed by atoms with Gasteiger partial charge in [-0.2, -0.15) is 0 Å². The second kappa shape index (κ2) is 4.99. The molecule has 3 aromatic rings. The minimum Gasteiger partial charge on any atom is -0.357 e. The standard InChI is InChI=1S/C20H22N2/c1-12-10-13(2)18(14(3)11-12)20-19-16(8-9-21-20)15-6-4-5-7-17(15)22-19/h4-7,10-11,20-22H,8-9H2,1-3H3. The van der Waals surface area contributed by atoms with Crippen LogP contribution in [0.1, 0.15) is 39.6 Å². The van der Waals surface area contributed by atoms with E-state index in [1.807, 2.05) is 0 Å². The number of aromatic nitrogens is 1. The fourth-order valence-electron chi connectivity index (χ4n) is 4.07. The zero-order valence-corrected chi connectivity index (χ0v) is 13.5. The summed E-state index contributed by atoms with van der Waals surface area (Å²) in [6, 6.07) is 13.5. The van der Waals surface area contributed by atoms with Crippen molar-refractivity contribution in [2.75, 3.05) is 6.54 Å². The van der Waals surface area contributed by atoms with Crippen molar-refractivity contribution in [1.29, 1.82) is 0 Å². The largest absolute Gasteiger partial charge is 0.357 e. The lowest BCUT2D eigenvalue weighted by Crippen LogP contribution is -2.31. The third-order valence-electron chi connectivity index (χ3n) is 4.89. The van der Waals surface area contributed by atoms with Gasteiger partial charge in [-0.05, 0) is 55.5 Å². The highest BCUT2D eigenvalue weighted by Crippen LogP contribution is 2.36. The lowest BCUT2D eigenvalue weighted by molar-refractivity contribution is 0.556. The molecular formula is C20H22N2. The summed E-state index contributed by atoms with van der Waals surface area (Å²) < 4.78 is 0. The molecule has 1 aliphatic heterocycles. The molecule has 1 atom stereocenters. The van der Waals surface area contributed by atoms with Gasteiger partial charge in [-0.3, -0.25) is 0 Å². The SMILES string of the molecule is Cc1cc(C)c(C2NCCc3c2[nH]c2ccccc32)c(C)c1. The second-order valence-corrected chi connectivity index (χ2v) is 6.51. The monoisotopic (exact) mass is 290 g/mol. The van der Waals surface area contributed by atoms with Crippen LogP contribution >= 0.6 is 0 Å². The Balaban J connectivity index is 1.93. The number of aromatic amines is 1. The van der Waals surface area contributed by atoms with E-state index in [1.54, 1.807) is 0 Å². The summed E-state index contributed by atoms with van der Waals surface area (Å²) in [5.41, 5.74) is 9.61. The number of hydrogen-bond donors (Lipinski definition) is 2. The van der Waals surface area contributed by atoms with Gasteiger partial charge in [0.05, 0.1) is 6.04 Å². The lowest BCUT2D eigenvalue weighted by atomic mass is 9.88. The summed E-state index contributed by atoms with van der Waals surface area (Å²) in [7, 11) is 0. The fourth-order valence-corrected chi connectivity index (χ4v) is 4.07. The molecule has 0 saturated carbocycles. The van der Waals surface area contributed by atoms with Crippen LogP contribution < -0.4 is 5.32 Å². The molecule has 2 heterocycles. The number of fused-ring (bicyclic) bond motifs is 3. The zero-order chi connectivity index (χ0) is 15.3. The number of aryl methyl sites for hydroxylation is 3. The first kappa shape index (κ1) is 13.6. The summed E-state index contributed by atoms with van der Waals surface area (Å²) in [5, 5.41) is 5.10. The quantitative estimate of drug-likeness (QED) is 0.686. The highest BCUT2D eigenvalue weighted by molar-refractivity contribution is 5.85. The third-order valence-corrected chi connectivity index (χ3v) is 4.89. The Kier molecular flexibility index (Phi) is 3.08. The van der Waals surface area contributed by atoms with E-state index in [2.05, 4.69) is 67.5 Å². The zero-order valence-electron chi connectivity index (χ0n) is 13.5. The minimum atomic E-state index is 0.275. The second-order valence-electron chi connectivity index (χ2n) is 6.51. The molecule has 1 aliphatic rings. The maximum Gasteiger partial charge on any atom is 0.0737 e. The van der Waals surface area contributed by atoms with Gasteiger partial charge in [0.1, 0.15) is 0 Å². The number of hydrogen-bond acceptors (Lipinski definition) is 1. The molecule has 4 rings (SSSR count). The molecule has 1 unspecified atom stereocenters. The van der Waals surface area contributed by atoms with Crippen LogP contribution in [0.5, 0.6) is 0 Å². The molecule has 0 saturated heterocycles. The van der Waals surface area contributed by atoms with Crippen LogP contribution in [0, 0.1) is 20.8 Å². The normalized spacial score (nSPS) is 17.7. The number of rotatable bonds is 1. The third kappa shape index (κ3) is 1.98. The van der Waals surface area contributed by atoms with Gasteiger partial charge in [-0.1, -0.05) is 35.9 Å². The molecule has 0 aliphatic carbocycles. The Morgan fingerprint density at radius 1 is 1.00 bits per heavy atom. The fraction of sp³-hybridized carbons (Fsp3) is 0.300. The highest BCUT2D eigenvalue weighted by Gasteiger charge is 2.27. The molecule has 0 radical (unpaired) electrons. The number of H-pyrrole nitrogens is 1. The highest BCUT2D eigenvalue weighted by atomic mass is 15.0. The van der Waals surface area contributed by atoms with Gasteiger partial charge in [0, 0.05) is 23.1 Å². The van der Waals surface area contributed by atoms with Crippen molar-refractivity contribution < 1.29 is 0 Å². The Hall–Kier alpha value is -2.06. The van der Waals surface area contributed by atoms with Gasteiger partial charge >= 0.3 is 0 Å². The van der Waals surface area contributed by atoms with Gasteiger partial charge in [0.25, 0.3) is 0 Å². The van der Waals surface area contributed by atoms with E-state index >= 15 is 0 Å². The minimum absolute atomic E-state index is 0.275. The average Bonchev–Trinajstić information content (AvgIpc) is 2.86. The van der Waals surface area contributed by atoms with Gasteiger partial charge in [0.15, 0.2) is 0 Å². The Morgan fingerprint density at radius 2 is 1.73 bits per heavy atom. The summed E-state index contributed by atoms with van der Waals surface area (Å²) in [6.45, 7) is 7.67. The first-order valence-corrected chi connectivity index (χ1v) is 8.06. The number of para-hydroxylation sites is 1. The van der Waals surface area contributed by atoms with Gasteiger partial charge in [-0.15, -0.1) is 0 Å². The van der Waals surface area contributed by atoms with Crippen LogP contribution in [0.4, 0.5) is 0 Å². The molecule has 1 aromatic heterocycles. The van der Waals surface area contributed by atoms with E-state index in [9.17, 15) is 0 Å². The van der Waals surface area contributed by atoms with Crippen molar-refractivity contribution in [2.45, 2.75) is 33.2 Å². The molecule has 0 fully saturated rings. The maximum absolute atomic E-state index is 3.72. The first-order chi connectivity index (χ1) is 10.6. The molecular weight excluding hydrogens is 268 g/mol. The van der Waals surface area contributed by atoms with E-state index in [0.29, 0.717) is 0 Å². The number of benzene rings is 2. The van der Waals surface area contributed by atoms with E-state index in [4.69, 9.17) is 0 Å². The smallest absolute Gasteiger partial charge is 0.0737 e. The van der Waals surface area contributed by atoms with E-state index in [-0.39, 0.29) is 6.04 Å². The summed E-state index contributed by atoms with van der Waals surface area (Å²) in [6.07, 6.45) is 1.10. The van der Waals surface area contributed by atoms with Crippen LogP contribution in [0.3, 0.4) is 0 Å². The molecule has 2 N–H and O–H groups in total. The molecule has 2 heteroatoms. The summed E-state index contributed by atoms with van der Waals surface area (Å²) in [5.74, 6) is 0. The van der Waals surface area contributed by atoms with Gasteiger partial charge in [0.2, 0.25) is 0 Å². The maximum atomic E-state index is 3.72. The average molecular weight is 290 g/mol. The topological polar surface area (TPSA) is 27.8 Å². The molecule has 2 nitrogen and oxygen atoms in total. The van der Waals surface area contributed by atoms with Gasteiger partial charge in [-0.25, -0.2) is 0 Å². The van der Waals surface area contributed by atoms with Crippen LogP contribution in [0.15, 0.2) is 36.4 Å². The van der Waals surface area contributed by atoms with Crippen LogP contribution in [-0.2, 0) is 6.42 Å². The molecule has 0 spiro atoms.